The van der Waals surface area contributed by atoms with Crippen LogP contribution in [0.25, 0.3) is 0 Å². The average Bonchev–Trinajstić information content (AvgIpc) is 2.21. The lowest BCUT2D eigenvalue weighted by atomic mass is 9.95. The molecule has 23 heavy (non-hydrogen) atoms. The van der Waals surface area contributed by atoms with Gasteiger partial charge in [0.2, 0.25) is 0 Å². The van der Waals surface area contributed by atoms with Gasteiger partial charge in [0.05, 0.1) is 0 Å². The molecule has 0 N–H and O–H groups in total. The Hall–Kier alpha value is -1.17. The molecule has 0 unspecified atom stereocenters. The zero-order chi connectivity index (χ0) is 19.1. The highest BCUT2D eigenvalue weighted by Gasteiger charge is 2.61. The first-order chi connectivity index (χ1) is 9.72. The first-order valence-electron chi connectivity index (χ1n) is 5.37. The Labute approximate surface area is 119 Å². The predicted octanol–water partition coefficient (Wildman–Crippen LogP) is 6.04. The summed E-state index contributed by atoms with van der Waals surface area (Å²) in [5.41, 5.74) is -4.76. The number of allylic oxidation sites excluding steroid dienone is 2. The van der Waals surface area contributed by atoms with Crippen LogP contribution in [0.4, 0.5) is 57.1 Å². The molecule has 0 bridgehead atoms. The quantitative estimate of drug-likeness (QED) is 0.416. The minimum absolute atomic E-state index is 0.158. The molecule has 0 fully saturated rings. The van der Waals surface area contributed by atoms with E-state index in [4.69, 9.17) is 0 Å². The Morgan fingerprint density at radius 3 is 1.00 bits per heavy atom. The second-order valence-corrected chi connectivity index (χ2v) is 4.48. The molecule has 0 aromatic carbocycles. The van der Waals surface area contributed by atoms with Crippen LogP contribution >= 0.6 is 0 Å². The van der Waals surface area contributed by atoms with E-state index in [1.807, 2.05) is 0 Å². The van der Waals surface area contributed by atoms with Crippen molar-refractivity contribution in [1.82, 2.24) is 0 Å². The van der Waals surface area contributed by atoms with E-state index >= 15 is 0 Å². The van der Waals surface area contributed by atoms with Gasteiger partial charge in [0.25, 0.3) is 0 Å². The van der Waals surface area contributed by atoms with E-state index in [0.29, 0.717) is 0 Å². The van der Waals surface area contributed by atoms with Crippen molar-refractivity contribution < 1.29 is 57.1 Å². The van der Waals surface area contributed by atoms with Crippen molar-refractivity contribution in [3.8, 4) is 0 Å². The minimum atomic E-state index is -6.42. The maximum atomic E-state index is 12.7. The monoisotopic (exact) mass is 374 g/mol. The summed E-state index contributed by atoms with van der Waals surface area (Å²) in [6.45, 7) is -0.158. The second kappa shape index (κ2) is 6.04. The molecule has 138 valence electrons. The summed E-state index contributed by atoms with van der Waals surface area (Å²) in [6, 6.07) is 0. The normalized spacial score (nSPS) is 14.9. The smallest absolute Gasteiger partial charge is 0.196 e. The molecule has 0 radical (unpaired) electrons. The van der Waals surface area contributed by atoms with E-state index in [9.17, 15) is 57.1 Å². The van der Waals surface area contributed by atoms with Crippen molar-refractivity contribution in [1.29, 1.82) is 0 Å². The molecule has 0 aliphatic carbocycles. The third-order valence-corrected chi connectivity index (χ3v) is 2.66. The van der Waals surface area contributed by atoms with E-state index in [1.54, 1.807) is 0 Å². The van der Waals surface area contributed by atoms with Gasteiger partial charge in [0.15, 0.2) is 0 Å². The summed E-state index contributed by atoms with van der Waals surface area (Å²) in [5.74, 6) is -11.8. The van der Waals surface area contributed by atoms with E-state index in [-0.39, 0.29) is 6.92 Å². The molecule has 0 aliphatic heterocycles. The fourth-order valence-electron chi connectivity index (χ4n) is 1.26. The molecule has 0 saturated heterocycles. The van der Waals surface area contributed by atoms with Crippen LogP contribution < -0.4 is 0 Å². The highest BCUT2D eigenvalue weighted by atomic mass is 19.4. The molecular weight excluding hydrogens is 367 g/mol. The molecule has 0 saturated carbocycles. The SMILES string of the molecule is CC(=C(CC(F)(F)C(F)(F)F)CC(F)(F)C(F)(F)F)C(F)(F)F. The van der Waals surface area contributed by atoms with Crippen LogP contribution in [-0.4, -0.2) is 30.4 Å². The Bertz CT molecular complexity index is 415. The number of halogens is 13. The van der Waals surface area contributed by atoms with Crippen molar-refractivity contribution >= 4 is 0 Å². The summed E-state index contributed by atoms with van der Waals surface area (Å²) in [6.07, 6.45) is -24.4. The Balaban J connectivity index is 5.92. The van der Waals surface area contributed by atoms with Gasteiger partial charge in [-0.25, -0.2) is 0 Å². The maximum absolute atomic E-state index is 12.7. The number of hydrogen-bond donors (Lipinski definition) is 0. The van der Waals surface area contributed by atoms with Crippen LogP contribution in [0.3, 0.4) is 0 Å². The highest BCUT2D eigenvalue weighted by Crippen LogP contribution is 2.47. The second-order valence-electron chi connectivity index (χ2n) is 4.48. The fraction of sp³-hybridized carbons (Fsp3) is 0.800. The molecule has 13 heteroatoms. The lowest BCUT2D eigenvalue weighted by Gasteiger charge is -2.26. The van der Waals surface area contributed by atoms with Crippen LogP contribution in [0.5, 0.6) is 0 Å². The van der Waals surface area contributed by atoms with Gasteiger partial charge in [-0.15, -0.1) is 0 Å². The molecule has 0 aliphatic rings. The fourth-order valence-corrected chi connectivity index (χ4v) is 1.26. The lowest BCUT2D eigenvalue weighted by Crippen LogP contribution is -2.40. The van der Waals surface area contributed by atoms with Crippen LogP contribution in [0.2, 0.25) is 0 Å². The Morgan fingerprint density at radius 1 is 0.565 bits per heavy atom. The molecule has 0 nitrogen and oxygen atoms in total. The number of alkyl halides is 13. The van der Waals surface area contributed by atoms with E-state index in [1.165, 1.54) is 0 Å². The van der Waals surface area contributed by atoms with Gasteiger partial charge in [0, 0.05) is 18.4 Å². The molecule has 0 aromatic heterocycles. The average molecular weight is 374 g/mol. The largest absolute Gasteiger partial charge is 0.453 e. The Kier molecular flexibility index (Phi) is 5.73. The number of hydrogen-bond acceptors (Lipinski definition) is 0. The molecule has 0 rings (SSSR count). The molecule has 0 amide bonds. The third kappa shape index (κ3) is 5.44. The third-order valence-electron chi connectivity index (χ3n) is 2.66. The Morgan fingerprint density at radius 2 is 0.826 bits per heavy atom. The van der Waals surface area contributed by atoms with Crippen molar-refractivity contribution in [2.45, 2.75) is 50.1 Å². The number of rotatable bonds is 4. The maximum Gasteiger partial charge on any atom is 0.453 e. The van der Waals surface area contributed by atoms with Crippen LogP contribution in [-0.2, 0) is 0 Å². The zero-order valence-corrected chi connectivity index (χ0v) is 10.8. The van der Waals surface area contributed by atoms with Crippen molar-refractivity contribution in [2.75, 3.05) is 0 Å². The molecule has 0 aromatic rings. The summed E-state index contributed by atoms with van der Waals surface area (Å²) < 4.78 is 160. The summed E-state index contributed by atoms with van der Waals surface area (Å²) in [4.78, 5) is 0. The van der Waals surface area contributed by atoms with E-state index in [0.717, 1.165) is 0 Å². The van der Waals surface area contributed by atoms with Crippen molar-refractivity contribution in [2.24, 2.45) is 0 Å². The van der Waals surface area contributed by atoms with Crippen molar-refractivity contribution in [3.63, 3.8) is 0 Å². The van der Waals surface area contributed by atoms with Gasteiger partial charge in [-0.1, -0.05) is 0 Å². The van der Waals surface area contributed by atoms with Gasteiger partial charge in [-0.2, -0.15) is 57.1 Å². The standard InChI is InChI=1S/C10H7F13/c1-4(8(15,16)17)5(2-6(11,12)9(18,19)20)3-7(13,14)10(21,22)23/h2-3H2,1H3. The van der Waals surface area contributed by atoms with Crippen molar-refractivity contribution in [3.05, 3.63) is 11.1 Å². The van der Waals surface area contributed by atoms with Gasteiger partial charge in [-0.3, -0.25) is 0 Å². The van der Waals surface area contributed by atoms with Gasteiger partial charge in [0.1, 0.15) is 0 Å². The first kappa shape index (κ1) is 21.8. The van der Waals surface area contributed by atoms with Crippen LogP contribution in [0.15, 0.2) is 11.1 Å². The minimum Gasteiger partial charge on any atom is -0.196 e. The van der Waals surface area contributed by atoms with Gasteiger partial charge in [-0.05, 0) is 12.5 Å². The summed E-state index contributed by atoms with van der Waals surface area (Å²) in [5, 5.41) is 0. The summed E-state index contributed by atoms with van der Waals surface area (Å²) >= 11 is 0. The topological polar surface area (TPSA) is 0 Å². The van der Waals surface area contributed by atoms with Gasteiger partial charge < -0.3 is 0 Å². The lowest BCUT2D eigenvalue weighted by molar-refractivity contribution is -0.289. The van der Waals surface area contributed by atoms with E-state index < -0.39 is 54.4 Å². The van der Waals surface area contributed by atoms with Crippen LogP contribution in [0, 0.1) is 0 Å². The summed E-state index contributed by atoms with van der Waals surface area (Å²) in [7, 11) is 0. The first-order valence-corrected chi connectivity index (χ1v) is 5.37. The molecule has 0 spiro atoms. The van der Waals surface area contributed by atoms with E-state index in [2.05, 4.69) is 0 Å². The molecular formula is C10H7F13. The predicted molar refractivity (Wildman–Crippen MR) is 50.0 cm³/mol. The molecule has 0 atom stereocenters. The van der Waals surface area contributed by atoms with Crippen LogP contribution in [0.1, 0.15) is 19.8 Å². The molecule has 0 heterocycles. The highest BCUT2D eigenvalue weighted by molar-refractivity contribution is 5.21. The van der Waals surface area contributed by atoms with Gasteiger partial charge >= 0.3 is 30.4 Å². The zero-order valence-electron chi connectivity index (χ0n) is 10.8.